The molecule has 0 aliphatic heterocycles. The number of benzene rings is 1. The van der Waals surface area contributed by atoms with E-state index >= 15 is 0 Å². The second-order valence-corrected chi connectivity index (χ2v) is 5.37. The van der Waals surface area contributed by atoms with Crippen LogP contribution in [0.2, 0.25) is 0 Å². The third-order valence-electron chi connectivity index (χ3n) is 2.99. The zero-order valence-corrected chi connectivity index (χ0v) is 14.9. The molecule has 2 aromatic heterocycles. The molecule has 0 saturated carbocycles. The van der Waals surface area contributed by atoms with Gasteiger partial charge in [-0.25, -0.2) is 4.98 Å². The van der Waals surface area contributed by atoms with Crippen LogP contribution in [0.3, 0.4) is 0 Å². The average Bonchev–Trinajstić information content (AvgIpc) is 2.99. The van der Waals surface area contributed by atoms with Crippen LogP contribution in [0.1, 0.15) is 6.92 Å². The molecule has 0 spiro atoms. The summed E-state index contributed by atoms with van der Waals surface area (Å²) in [7, 11) is 0. The molecular weight excluding hydrogens is 378 g/mol. The van der Waals surface area contributed by atoms with Gasteiger partial charge >= 0.3 is 0 Å². The van der Waals surface area contributed by atoms with Gasteiger partial charge in [0.05, 0.1) is 18.5 Å². The second kappa shape index (κ2) is 7.94. The minimum absolute atomic E-state index is 0. The van der Waals surface area contributed by atoms with Crippen molar-refractivity contribution in [1.82, 2.24) is 9.97 Å². The number of nitrogens with zero attached hydrogens (tertiary/aromatic N) is 2. The van der Waals surface area contributed by atoms with Crippen LogP contribution in [0.15, 0.2) is 48.1 Å². The molecule has 120 valence electrons. The maximum Gasteiger partial charge on any atom is 0.187 e. The highest BCUT2D eigenvalue weighted by atomic mass is 79.9. The van der Waals surface area contributed by atoms with E-state index in [9.17, 15) is 5.11 Å². The first-order chi connectivity index (χ1) is 10.8. The summed E-state index contributed by atoms with van der Waals surface area (Å²) in [6.07, 6.45) is 3.41. The molecule has 3 rings (SSSR count). The monoisotopic (exact) mass is 393 g/mol. The number of rotatable bonds is 5. The summed E-state index contributed by atoms with van der Waals surface area (Å²) in [5.41, 5.74) is 2.60. The molecule has 0 amide bonds. The summed E-state index contributed by atoms with van der Waals surface area (Å²) < 4.78 is 5.56. The van der Waals surface area contributed by atoms with Crippen molar-refractivity contribution in [3.63, 3.8) is 0 Å². The topological polar surface area (TPSA) is 67.3 Å². The highest BCUT2D eigenvalue weighted by molar-refractivity contribution is 8.93. The fraction of sp³-hybridized carbons (Fsp3) is 0.125. The minimum Gasteiger partial charge on any atom is -0.508 e. The van der Waals surface area contributed by atoms with Gasteiger partial charge in [-0.15, -0.1) is 28.3 Å². The Morgan fingerprint density at radius 2 is 2.00 bits per heavy atom. The summed E-state index contributed by atoms with van der Waals surface area (Å²) in [6.45, 7) is 2.53. The molecule has 3 aromatic rings. The van der Waals surface area contributed by atoms with Gasteiger partial charge in [0.25, 0.3) is 0 Å². The lowest BCUT2D eigenvalue weighted by atomic mass is 10.2. The first-order valence-corrected chi connectivity index (χ1v) is 7.73. The van der Waals surface area contributed by atoms with Gasteiger partial charge in [0.15, 0.2) is 5.13 Å². The van der Waals surface area contributed by atoms with Crippen molar-refractivity contribution in [2.24, 2.45) is 0 Å². The van der Waals surface area contributed by atoms with Gasteiger partial charge in [-0.05, 0) is 31.2 Å². The van der Waals surface area contributed by atoms with Crippen molar-refractivity contribution in [2.45, 2.75) is 6.92 Å². The Morgan fingerprint density at radius 3 is 2.74 bits per heavy atom. The lowest BCUT2D eigenvalue weighted by molar-refractivity contribution is 0.341. The molecule has 1 aromatic carbocycles. The molecule has 0 atom stereocenters. The summed E-state index contributed by atoms with van der Waals surface area (Å²) in [4.78, 5) is 8.65. The number of hydrogen-bond donors (Lipinski definition) is 2. The zero-order chi connectivity index (χ0) is 15.4. The second-order valence-electron chi connectivity index (χ2n) is 4.51. The number of ether oxygens (including phenoxy) is 1. The summed E-state index contributed by atoms with van der Waals surface area (Å²) in [5, 5.41) is 15.3. The summed E-state index contributed by atoms with van der Waals surface area (Å²) >= 11 is 1.50. The molecule has 23 heavy (non-hydrogen) atoms. The smallest absolute Gasteiger partial charge is 0.187 e. The molecule has 2 N–H and O–H groups in total. The molecule has 7 heteroatoms. The fourth-order valence-corrected chi connectivity index (χ4v) is 2.70. The first-order valence-electron chi connectivity index (χ1n) is 6.85. The van der Waals surface area contributed by atoms with Crippen LogP contribution < -0.4 is 10.1 Å². The molecule has 0 bridgehead atoms. The number of thiazole rings is 1. The van der Waals surface area contributed by atoms with E-state index in [4.69, 9.17) is 4.74 Å². The number of aromatic hydroxyl groups is 1. The molecule has 0 radical (unpaired) electrons. The minimum atomic E-state index is 0. The molecule has 0 saturated heterocycles. The van der Waals surface area contributed by atoms with Gasteiger partial charge in [-0.1, -0.05) is 0 Å². The van der Waals surface area contributed by atoms with Gasteiger partial charge in [-0.2, -0.15) is 0 Å². The van der Waals surface area contributed by atoms with Crippen LogP contribution in [0.5, 0.6) is 11.5 Å². The number of aromatic nitrogens is 2. The number of hydrogen-bond acceptors (Lipinski definition) is 6. The standard InChI is InChI=1S/C16H15N3O2S.BrH/c1-2-21-15-7-8-17-9-13(15)18-16-19-14(10-22-16)11-3-5-12(20)6-4-11;/h3-10,20H,2H2,1H3,(H,18,19);1H. The van der Waals surface area contributed by atoms with Crippen LogP contribution in [0.25, 0.3) is 11.3 Å². The highest BCUT2D eigenvalue weighted by Crippen LogP contribution is 2.31. The van der Waals surface area contributed by atoms with E-state index < -0.39 is 0 Å². The van der Waals surface area contributed by atoms with E-state index in [-0.39, 0.29) is 22.7 Å². The van der Waals surface area contributed by atoms with Crippen LogP contribution in [-0.4, -0.2) is 21.7 Å². The largest absolute Gasteiger partial charge is 0.508 e. The Kier molecular flexibility index (Phi) is 5.95. The van der Waals surface area contributed by atoms with Gasteiger partial charge in [0.1, 0.15) is 17.2 Å². The molecule has 5 nitrogen and oxygen atoms in total. The van der Waals surface area contributed by atoms with Crippen molar-refractivity contribution >= 4 is 39.1 Å². The van der Waals surface area contributed by atoms with Crippen molar-refractivity contribution < 1.29 is 9.84 Å². The SMILES string of the molecule is Br.CCOc1ccncc1Nc1nc(-c2ccc(O)cc2)cs1. The Labute approximate surface area is 148 Å². The maximum atomic E-state index is 9.33. The number of halogens is 1. The third-order valence-corrected chi connectivity index (χ3v) is 3.75. The quantitative estimate of drug-likeness (QED) is 0.661. The van der Waals surface area contributed by atoms with E-state index in [0.717, 1.165) is 27.8 Å². The lowest BCUT2D eigenvalue weighted by Crippen LogP contribution is -1.98. The third kappa shape index (κ3) is 4.20. The Bertz CT molecular complexity index is 762. The van der Waals surface area contributed by atoms with Gasteiger partial charge in [0.2, 0.25) is 0 Å². The maximum absolute atomic E-state index is 9.33. The molecule has 0 aliphatic carbocycles. The number of anilines is 2. The van der Waals surface area contributed by atoms with Gasteiger partial charge in [-0.3, -0.25) is 4.98 Å². The van der Waals surface area contributed by atoms with E-state index in [1.54, 1.807) is 24.5 Å². The highest BCUT2D eigenvalue weighted by Gasteiger charge is 2.08. The predicted octanol–water partition coefficient (Wildman–Crippen LogP) is 4.63. The van der Waals surface area contributed by atoms with Crippen molar-refractivity contribution in [3.8, 4) is 22.8 Å². The summed E-state index contributed by atoms with van der Waals surface area (Å²) in [5.74, 6) is 0.993. The van der Waals surface area contributed by atoms with E-state index in [2.05, 4.69) is 15.3 Å². The summed E-state index contributed by atoms with van der Waals surface area (Å²) in [6, 6.07) is 8.79. The van der Waals surface area contributed by atoms with Crippen molar-refractivity contribution in [1.29, 1.82) is 0 Å². The Morgan fingerprint density at radius 1 is 1.22 bits per heavy atom. The van der Waals surface area contributed by atoms with Crippen LogP contribution in [-0.2, 0) is 0 Å². The van der Waals surface area contributed by atoms with Crippen LogP contribution >= 0.6 is 28.3 Å². The molecular formula is C16H16BrN3O2S. The Balaban J connectivity index is 0.00000192. The van der Waals surface area contributed by atoms with Crippen LogP contribution in [0.4, 0.5) is 10.8 Å². The van der Waals surface area contributed by atoms with E-state index in [1.807, 2.05) is 30.5 Å². The van der Waals surface area contributed by atoms with Crippen LogP contribution in [0, 0.1) is 0 Å². The number of nitrogens with one attached hydrogen (secondary N) is 1. The van der Waals surface area contributed by atoms with Gasteiger partial charge in [0, 0.05) is 23.2 Å². The number of pyridine rings is 1. The normalized spacial score (nSPS) is 9.96. The molecule has 2 heterocycles. The van der Waals surface area contributed by atoms with E-state index in [1.165, 1.54) is 11.3 Å². The van der Waals surface area contributed by atoms with Crippen molar-refractivity contribution in [2.75, 3.05) is 11.9 Å². The lowest BCUT2D eigenvalue weighted by Gasteiger charge is -2.09. The Hall–Kier alpha value is -2.12. The van der Waals surface area contributed by atoms with Crippen molar-refractivity contribution in [3.05, 3.63) is 48.1 Å². The molecule has 0 aliphatic rings. The fourth-order valence-electron chi connectivity index (χ4n) is 1.97. The number of phenolic OH excluding ortho intramolecular Hbond substituents is 1. The first kappa shape index (κ1) is 17.2. The van der Waals surface area contributed by atoms with E-state index in [0.29, 0.717) is 6.61 Å². The predicted molar refractivity (Wildman–Crippen MR) is 98.2 cm³/mol. The van der Waals surface area contributed by atoms with Gasteiger partial charge < -0.3 is 15.2 Å². The number of phenols is 1. The average molecular weight is 394 g/mol. The molecule has 0 fully saturated rings. The zero-order valence-electron chi connectivity index (χ0n) is 12.4. The molecule has 0 unspecified atom stereocenters.